The highest BCUT2D eigenvalue weighted by Gasteiger charge is 2.54. The fraction of sp³-hybridized carbons (Fsp3) is 0.889. The number of hydrogen-bond donors (Lipinski definition) is 1. The van der Waals surface area contributed by atoms with Crippen molar-refractivity contribution in [2.75, 3.05) is 46.4 Å². The van der Waals surface area contributed by atoms with Crippen molar-refractivity contribution in [2.24, 2.45) is 11.3 Å². The zero-order valence-electron chi connectivity index (χ0n) is 22.6. The number of hydrogen-bond acceptors (Lipinski definition) is 7. The lowest BCUT2D eigenvalue weighted by Gasteiger charge is -2.53. The summed E-state index contributed by atoms with van der Waals surface area (Å²) in [7, 11) is 1.45. The normalized spacial score (nSPS) is 30.5. The number of piperazine rings is 1. The smallest absolute Gasteiger partial charge is 0.408 e. The van der Waals surface area contributed by atoms with E-state index < -0.39 is 23.2 Å². The lowest BCUT2D eigenvalue weighted by molar-refractivity contribution is -0.208. The van der Waals surface area contributed by atoms with Crippen molar-refractivity contribution in [1.82, 2.24) is 15.1 Å². The van der Waals surface area contributed by atoms with Gasteiger partial charge in [0.1, 0.15) is 11.6 Å². The highest BCUT2D eigenvalue weighted by Crippen LogP contribution is 2.49. The third-order valence-electron chi connectivity index (χ3n) is 8.65. The highest BCUT2D eigenvalue weighted by atomic mass is 16.6. The van der Waals surface area contributed by atoms with Crippen LogP contribution in [0.3, 0.4) is 0 Å². The van der Waals surface area contributed by atoms with E-state index in [0.29, 0.717) is 19.7 Å². The van der Waals surface area contributed by atoms with Gasteiger partial charge in [0.25, 0.3) is 0 Å². The summed E-state index contributed by atoms with van der Waals surface area (Å²) in [5.41, 5.74) is -1.27. The fourth-order valence-corrected chi connectivity index (χ4v) is 6.46. The lowest BCUT2D eigenvalue weighted by Crippen LogP contribution is -2.62. The Morgan fingerprint density at radius 3 is 2.17 bits per heavy atom. The maximum atomic E-state index is 13.6. The van der Waals surface area contributed by atoms with Crippen LogP contribution in [0.4, 0.5) is 4.79 Å². The molecule has 9 heteroatoms. The van der Waals surface area contributed by atoms with Gasteiger partial charge in [0.15, 0.2) is 0 Å². The van der Waals surface area contributed by atoms with Crippen molar-refractivity contribution in [3.05, 3.63) is 0 Å². The van der Waals surface area contributed by atoms with E-state index in [4.69, 9.17) is 14.2 Å². The molecular formula is C27H45N3O6. The number of ether oxygens (including phenoxy) is 3. The molecule has 0 unspecified atom stereocenters. The Bertz CT molecular complexity index is 786. The Kier molecular flexibility index (Phi) is 8.19. The van der Waals surface area contributed by atoms with Gasteiger partial charge in [0.05, 0.1) is 24.7 Å². The van der Waals surface area contributed by atoms with Gasteiger partial charge in [-0.15, -0.1) is 0 Å². The molecule has 204 valence electrons. The van der Waals surface area contributed by atoms with Crippen molar-refractivity contribution in [2.45, 2.75) is 95.8 Å². The zero-order chi connectivity index (χ0) is 26.0. The van der Waals surface area contributed by atoms with Gasteiger partial charge in [-0.25, -0.2) is 4.79 Å². The molecule has 2 aliphatic carbocycles. The van der Waals surface area contributed by atoms with Gasteiger partial charge in [-0.3, -0.25) is 14.5 Å². The predicted octanol–water partition coefficient (Wildman–Crippen LogP) is 3.11. The summed E-state index contributed by atoms with van der Waals surface area (Å²) in [4.78, 5) is 42.7. The van der Waals surface area contributed by atoms with E-state index in [-0.39, 0.29) is 23.4 Å². The molecule has 1 atom stereocenters. The SMILES string of the molecule is COC(=O)C12CCC(CN3CCN(C(=O)[C@H](NC(=O)OC(C)(C)C)C4CCCCC4)CC3)(CC1)OC2. The van der Waals surface area contributed by atoms with Crippen molar-refractivity contribution in [3.63, 3.8) is 0 Å². The summed E-state index contributed by atoms with van der Waals surface area (Å²) in [5.74, 6) is 0.0269. The first kappa shape index (κ1) is 27.2. The number of amides is 2. The molecule has 36 heavy (non-hydrogen) atoms. The number of carbonyl (C=O) groups excluding carboxylic acids is 3. The average Bonchev–Trinajstić information content (AvgIpc) is 2.87. The molecule has 5 rings (SSSR count). The molecule has 5 fully saturated rings. The van der Waals surface area contributed by atoms with Crippen LogP contribution in [-0.4, -0.2) is 91.5 Å². The largest absolute Gasteiger partial charge is 0.469 e. The first-order valence-corrected chi connectivity index (χ1v) is 13.8. The summed E-state index contributed by atoms with van der Waals surface area (Å²) in [6.07, 6.45) is 8.14. The Morgan fingerprint density at radius 2 is 1.64 bits per heavy atom. The van der Waals surface area contributed by atoms with Crippen LogP contribution >= 0.6 is 0 Å². The molecule has 1 N–H and O–H groups in total. The molecule has 3 heterocycles. The third kappa shape index (κ3) is 6.15. The summed E-state index contributed by atoms with van der Waals surface area (Å²) < 4.78 is 16.8. The fourth-order valence-electron chi connectivity index (χ4n) is 6.46. The standard InChI is InChI=1S/C27H45N3O6/c1-25(2,3)36-24(33)28-21(20-8-6-5-7-9-20)22(31)30-16-14-29(15-17-30)18-27-12-10-26(11-13-27,19-35-27)23(32)34-4/h20-21H,5-19H2,1-4H3,(H,28,33)/t21-,26?,27?/m1/s1. The van der Waals surface area contributed by atoms with E-state index in [1.54, 1.807) is 0 Å². The number of alkyl carbamates (subject to hydrolysis) is 1. The van der Waals surface area contributed by atoms with Crippen LogP contribution in [0.1, 0.15) is 78.6 Å². The van der Waals surface area contributed by atoms with Crippen LogP contribution in [0.15, 0.2) is 0 Å². The Labute approximate surface area is 215 Å². The number of fused-ring (bicyclic) bond motifs is 3. The second-order valence-corrected chi connectivity index (χ2v) is 12.4. The highest BCUT2D eigenvalue weighted by molar-refractivity contribution is 5.86. The monoisotopic (exact) mass is 507 g/mol. The van der Waals surface area contributed by atoms with E-state index in [1.807, 2.05) is 25.7 Å². The van der Waals surface area contributed by atoms with Crippen LogP contribution in [0.25, 0.3) is 0 Å². The van der Waals surface area contributed by atoms with Gasteiger partial charge in [-0.2, -0.15) is 0 Å². The van der Waals surface area contributed by atoms with Crippen LogP contribution in [-0.2, 0) is 23.8 Å². The first-order valence-electron chi connectivity index (χ1n) is 13.8. The maximum Gasteiger partial charge on any atom is 0.408 e. The Hall–Kier alpha value is -1.87. The van der Waals surface area contributed by atoms with Crippen molar-refractivity contribution < 1.29 is 28.6 Å². The second kappa shape index (κ2) is 10.9. The first-order chi connectivity index (χ1) is 17.0. The minimum Gasteiger partial charge on any atom is -0.469 e. The van der Waals surface area contributed by atoms with Crippen molar-refractivity contribution >= 4 is 18.0 Å². The van der Waals surface area contributed by atoms with E-state index >= 15 is 0 Å². The molecule has 2 amide bonds. The molecule has 5 aliphatic rings. The van der Waals surface area contributed by atoms with Gasteiger partial charge in [0, 0.05) is 32.7 Å². The summed E-state index contributed by atoms with van der Waals surface area (Å²) in [5, 5.41) is 2.93. The van der Waals surface area contributed by atoms with Gasteiger partial charge in [-0.1, -0.05) is 19.3 Å². The Morgan fingerprint density at radius 1 is 1.00 bits per heavy atom. The number of methoxy groups -OCH3 is 1. The number of carbonyl (C=O) groups is 3. The van der Waals surface area contributed by atoms with Gasteiger partial charge >= 0.3 is 12.1 Å². The van der Waals surface area contributed by atoms with Crippen LogP contribution in [0, 0.1) is 11.3 Å². The average molecular weight is 508 g/mol. The summed E-state index contributed by atoms with van der Waals surface area (Å²) in [6, 6.07) is -0.531. The van der Waals surface area contributed by atoms with Crippen LogP contribution < -0.4 is 5.32 Å². The summed E-state index contributed by atoms with van der Waals surface area (Å²) >= 11 is 0. The molecule has 9 nitrogen and oxygen atoms in total. The van der Waals surface area contributed by atoms with E-state index in [9.17, 15) is 14.4 Å². The molecule has 3 aliphatic heterocycles. The lowest BCUT2D eigenvalue weighted by atomic mass is 9.66. The summed E-state index contributed by atoms with van der Waals surface area (Å²) in [6.45, 7) is 9.61. The quantitative estimate of drug-likeness (QED) is 0.552. The van der Waals surface area contributed by atoms with Crippen LogP contribution in [0.2, 0.25) is 0 Å². The molecule has 0 aromatic carbocycles. The topological polar surface area (TPSA) is 97.4 Å². The molecule has 2 bridgehead atoms. The number of rotatable bonds is 6. The molecule has 0 aromatic heterocycles. The Balaban J connectivity index is 1.31. The molecule has 2 saturated carbocycles. The van der Waals surface area contributed by atoms with E-state index in [1.165, 1.54) is 13.5 Å². The number of esters is 1. The van der Waals surface area contributed by atoms with Gasteiger partial charge in [-0.05, 0) is 65.2 Å². The molecular weight excluding hydrogens is 462 g/mol. The molecule has 0 radical (unpaired) electrons. The van der Waals surface area contributed by atoms with E-state index in [2.05, 4.69) is 10.2 Å². The second-order valence-electron chi connectivity index (χ2n) is 12.4. The van der Waals surface area contributed by atoms with Crippen molar-refractivity contribution in [1.29, 1.82) is 0 Å². The minimum absolute atomic E-state index is 0.0139. The third-order valence-corrected chi connectivity index (χ3v) is 8.65. The van der Waals surface area contributed by atoms with E-state index in [0.717, 1.165) is 71.0 Å². The van der Waals surface area contributed by atoms with Gasteiger partial charge < -0.3 is 24.4 Å². The number of nitrogens with one attached hydrogen (secondary N) is 1. The number of nitrogens with zero attached hydrogens (tertiary/aromatic N) is 2. The molecule has 3 saturated heterocycles. The minimum atomic E-state index is -0.605. The van der Waals surface area contributed by atoms with Crippen LogP contribution in [0.5, 0.6) is 0 Å². The van der Waals surface area contributed by atoms with Gasteiger partial charge in [0.2, 0.25) is 5.91 Å². The molecule has 0 spiro atoms. The maximum absolute atomic E-state index is 13.6. The predicted molar refractivity (Wildman–Crippen MR) is 134 cm³/mol. The molecule has 0 aromatic rings. The van der Waals surface area contributed by atoms with Crippen molar-refractivity contribution in [3.8, 4) is 0 Å². The zero-order valence-corrected chi connectivity index (χ0v) is 22.6.